The Labute approximate surface area is 196 Å². The molecule has 0 radical (unpaired) electrons. The number of rotatable bonds is 8. The van der Waals surface area contributed by atoms with Gasteiger partial charge in [0, 0.05) is 11.1 Å². The summed E-state index contributed by atoms with van der Waals surface area (Å²) in [5.74, 6) is -1.53. The number of nitrogens with one attached hydrogen (secondary N) is 2. The Bertz CT molecular complexity index is 1220. The maximum absolute atomic E-state index is 14.6. The molecule has 0 aromatic heterocycles. The van der Waals surface area contributed by atoms with E-state index < -0.39 is 21.7 Å². The second-order valence-corrected chi connectivity index (χ2v) is 9.82. The zero-order chi connectivity index (χ0) is 23.3. The maximum Gasteiger partial charge on any atom is 0.257 e. The van der Waals surface area contributed by atoms with Gasteiger partial charge in [0.2, 0.25) is 10.0 Å². The number of hydrogen-bond acceptors (Lipinski definition) is 3. The first kappa shape index (κ1) is 24.2. The zero-order valence-corrected chi connectivity index (χ0v) is 19.4. The van der Waals surface area contributed by atoms with Crippen molar-refractivity contribution < 1.29 is 17.6 Å². The molecule has 0 aliphatic heterocycles. The summed E-state index contributed by atoms with van der Waals surface area (Å²) in [4.78, 5) is 12.1. The van der Waals surface area contributed by atoms with Crippen molar-refractivity contribution >= 4 is 44.8 Å². The molecule has 0 saturated heterocycles. The van der Waals surface area contributed by atoms with Gasteiger partial charge in [0.05, 0.1) is 21.2 Å². The van der Waals surface area contributed by atoms with Crippen molar-refractivity contribution in [2.75, 3.05) is 5.32 Å². The summed E-state index contributed by atoms with van der Waals surface area (Å²) in [6.45, 7) is 1.75. The van der Waals surface area contributed by atoms with Crippen LogP contribution in [-0.2, 0) is 16.4 Å². The minimum Gasteiger partial charge on any atom is -0.319 e. The van der Waals surface area contributed by atoms with Gasteiger partial charge in [-0.15, -0.1) is 0 Å². The standard InChI is InChI=1S/C23H21Cl2FN2O3S/c1-15(7-8-16-5-3-2-4-6-16)28-32(30,31)18-10-12-22(21(26)14-18)27-23(29)19-11-9-17(24)13-20(19)25/h2-6,9-15,28H,7-8H2,1H3,(H,27,29)/t15-/m0/s1. The normalized spacial score (nSPS) is 12.4. The molecule has 5 nitrogen and oxygen atoms in total. The third-order valence-corrected chi connectivity index (χ3v) is 6.88. The van der Waals surface area contributed by atoms with Gasteiger partial charge in [-0.25, -0.2) is 17.5 Å². The summed E-state index contributed by atoms with van der Waals surface area (Å²) in [6, 6.07) is 16.9. The lowest BCUT2D eigenvalue weighted by molar-refractivity contribution is 0.102. The first-order valence-electron chi connectivity index (χ1n) is 9.78. The molecule has 0 bridgehead atoms. The third-order valence-electron chi connectivity index (χ3n) is 4.74. The van der Waals surface area contributed by atoms with E-state index in [1.54, 1.807) is 6.92 Å². The molecule has 0 aliphatic rings. The largest absolute Gasteiger partial charge is 0.319 e. The Kier molecular flexibility index (Phi) is 7.90. The summed E-state index contributed by atoms with van der Waals surface area (Å²) >= 11 is 11.8. The van der Waals surface area contributed by atoms with Crippen LogP contribution >= 0.6 is 23.2 Å². The Morgan fingerprint density at radius 2 is 1.75 bits per heavy atom. The number of carbonyl (C=O) groups excluding carboxylic acids is 1. The van der Waals surface area contributed by atoms with Gasteiger partial charge in [0.15, 0.2) is 0 Å². The minimum atomic E-state index is -3.93. The number of anilines is 1. The molecule has 0 unspecified atom stereocenters. The number of benzene rings is 3. The number of carbonyl (C=O) groups is 1. The van der Waals surface area contributed by atoms with Crippen LogP contribution in [0.1, 0.15) is 29.3 Å². The molecule has 168 valence electrons. The summed E-state index contributed by atoms with van der Waals surface area (Å²) < 4.78 is 42.4. The van der Waals surface area contributed by atoms with Gasteiger partial charge in [-0.1, -0.05) is 53.5 Å². The number of sulfonamides is 1. The molecule has 32 heavy (non-hydrogen) atoms. The van der Waals surface area contributed by atoms with Crippen molar-refractivity contribution in [3.8, 4) is 0 Å². The van der Waals surface area contributed by atoms with Crippen LogP contribution in [0.3, 0.4) is 0 Å². The van der Waals surface area contributed by atoms with Gasteiger partial charge in [0.25, 0.3) is 5.91 Å². The maximum atomic E-state index is 14.6. The first-order valence-corrected chi connectivity index (χ1v) is 12.0. The number of amides is 1. The predicted molar refractivity (Wildman–Crippen MR) is 125 cm³/mol. The molecule has 0 heterocycles. The summed E-state index contributed by atoms with van der Waals surface area (Å²) in [5, 5.41) is 2.86. The molecule has 1 atom stereocenters. The molecule has 0 fully saturated rings. The van der Waals surface area contributed by atoms with Crippen LogP contribution in [-0.4, -0.2) is 20.4 Å². The van der Waals surface area contributed by atoms with Crippen molar-refractivity contribution in [3.63, 3.8) is 0 Å². The van der Waals surface area contributed by atoms with Gasteiger partial charge < -0.3 is 5.32 Å². The molecule has 3 aromatic rings. The van der Waals surface area contributed by atoms with Crippen LogP contribution in [0, 0.1) is 5.82 Å². The van der Waals surface area contributed by atoms with Gasteiger partial charge >= 0.3 is 0 Å². The highest BCUT2D eigenvalue weighted by molar-refractivity contribution is 7.89. The van der Waals surface area contributed by atoms with Crippen LogP contribution in [0.15, 0.2) is 71.6 Å². The molecule has 9 heteroatoms. The van der Waals surface area contributed by atoms with E-state index in [9.17, 15) is 17.6 Å². The molecule has 1 amide bonds. The third kappa shape index (κ3) is 6.29. The summed E-state index contributed by atoms with van der Waals surface area (Å²) in [5.41, 5.74) is 1.05. The van der Waals surface area contributed by atoms with Gasteiger partial charge in [-0.3, -0.25) is 4.79 Å². The average Bonchev–Trinajstić information content (AvgIpc) is 2.74. The van der Waals surface area contributed by atoms with Crippen molar-refractivity contribution in [1.29, 1.82) is 0 Å². The molecule has 0 spiro atoms. The van der Waals surface area contributed by atoms with Crippen molar-refractivity contribution in [2.45, 2.75) is 30.7 Å². The molecule has 3 rings (SSSR count). The van der Waals surface area contributed by atoms with Gasteiger partial charge in [-0.05, 0) is 61.7 Å². The fraction of sp³-hybridized carbons (Fsp3) is 0.174. The fourth-order valence-corrected chi connectivity index (χ4v) is 4.83. The van der Waals surface area contributed by atoms with E-state index in [4.69, 9.17) is 23.2 Å². The highest BCUT2D eigenvalue weighted by Crippen LogP contribution is 2.24. The monoisotopic (exact) mass is 494 g/mol. The van der Waals surface area contributed by atoms with Crippen molar-refractivity contribution in [2.24, 2.45) is 0 Å². The van der Waals surface area contributed by atoms with Crippen LogP contribution in [0.2, 0.25) is 10.0 Å². The molecular formula is C23H21Cl2FN2O3S. The van der Waals surface area contributed by atoms with Crippen molar-refractivity contribution in [1.82, 2.24) is 4.72 Å². The van der Waals surface area contributed by atoms with E-state index in [0.29, 0.717) is 17.9 Å². The second-order valence-electron chi connectivity index (χ2n) is 7.27. The summed E-state index contributed by atoms with van der Waals surface area (Å²) in [6.07, 6.45) is 1.29. The Morgan fingerprint density at radius 3 is 2.41 bits per heavy atom. The topological polar surface area (TPSA) is 75.3 Å². The highest BCUT2D eigenvalue weighted by atomic mass is 35.5. The van der Waals surface area contributed by atoms with E-state index in [1.165, 1.54) is 30.3 Å². The van der Waals surface area contributed by atoms with E-state index >= 15 is 0 Å². The lowest BCUT2D eigenvalue weighted by Crippen LogP contribution is -2.33. The Morgan fingerprint density at radius 1 is 1.03 bits per heavy atom. The van der Waals surface area contributed by atoms with Crippen LogP contribution in [0.4, 0.5) is 10.1 Å². The minimum absolute atomic E-state index is 0.112. The second kappa shape index (κ2) is 10.4. The Balaban J connectivity index is 1.67. The van der Waals surface area contributed by atoms with Crippen LogP contribution in [0.5, 0.6) is 0 Å². The van der Waals surface area contributed by atoms with Gasteiger partial charge in [-0.2, -0.15) is 0 Å². The number of aryl methyl sites for hydroxylation is 1. The van der Waals surface area contributed by atoms with Crippen LogP contribution < -0.4 is 10.0 Å². The quantitative estimate of drug-likeness (QED) is 0.422. The molecule has 2 N–H and O–H groups in total. The zero-order valence-electron chi connectivity index (χ0n) is 17.1. The molecule has 3 aromatic carbocycles. The van der Waals surface area contributed by atoms with E-state index in [1.807, 2.05) is 30.3 Å². The molecule has 0 aliphatic carbocycles. The lowest BCUT2D eigenvalue weighted by Gasteiger charge is -2.15. The smallest absolute Gasteiger partial charge is 0.257 e. The fourth-order valence-electron chi connectivity index (χ4n) is 3.05. The SMILES string of the molecule is C[C@@H](CCc1ccccc1)NS(=O)(=O)c1ccc(NC(=O)c2ccc(Cl)cc2Cl)c(F)c1. The van der Waals surface area contributed by atoms with E-state index in [0.717, 1.165) is 11.6 Å². The number of hydrogen-bond donors (Lipinski definition) is 2. The summed E-state index contributed by atoms with van der Waals surface area (Å²) in [7, 11) is -3.93. The molecular weight excluding hydrogens is 474 g/mol. The van der Waals surface area contributed by atoms with Crippen LogP contribution in [0.25, 0.3) is 0 Å². The average molecular weight is 495 g/mol. The Hall–Kier alpha value is -2.45. The molecule has 0 saturated carbocycles. The lowest BCUT2D eigenvalue weighted by atomic mass is 10.1. The van der Waals surface area contributed by atoms with Gasteiger partial charge in [0.1, 0.15) is 5.82 Å². The highest BCUT2D eigenvalue weighted by Gasteiger charge is 2.20. The van der Waals surface area contributed by atoms with E-state index in [-0.39, 0.29) is 27.2 Å². The number of halogens is 3. The first-order chi connectivity index (χ1) is 15.2. The van der Waals surface area contributed by atoms with E-state index in [2.05, 4.69) is 10.0 Å². The predicted octanol–water partition coefficient (Wildman–Crippen LogP) is 5.68. The van der Waals surface area contributed by atoms with Crippen molar-refractivity contribution in [3.05, 3.63) is 93.7 Å².